The molecule has 0 saturated carbocycles. The molecule has 0 aliphatic heterocycles. The molecule has 0 radical (unpaired) electrons. The van der Waals surface area contributed by atoms with E-state index in [-0.39, 0.29) is 0 Å². The lowest BCUT2D eigenvalue weighted by molar-refractivity contribution is 0.454. The molecule has 10 heavy (non-hydrogen) atoms. The summed E-state index contributed by atoms with van der Waals surface area (Å²) in [4.78, 5) is 0. The Labute approximate surface area is 64.5 Å². The van der Waals surface area contributed by atoms with Crippen molar-refractivity contribution < 1.29 is 0 Å². The molecule has 1 N–H and O–H groups in total. The molecule has 0 bridgehead atoms. The average molecular weight is 141 g/mol. The summed E-state index contributed by atoms with van der Waals surface area (Å²) in [5.41, 5.74) is 0. The van der Waals surface area contributed by atoms with E-state index >= 15 is 0 Å². The van der Waals surface area contributed by atoms with Crippen LogP contribution in [0.2, 0.25) is 0 Å². The van der Waals surface area contributed by atoms with Crippen LogP contribution >= 0.6 is 0 Å². The van der Waals surface area contributed by atoms with E-state index in [0.29, 0.717) is 12.1 Å². The molecule has 0 heterocycles. The second kappa shape index (κ2) is 5.48. The normalized spacial score (nSPS) is 13.6. The van der Waals surface area contributed by atoms with Crippen molar-refractivity contribution in [3.8, 4) is 0 Å². The van der Waals surface area contributed by atoms with Crippen molar-refractivity contribution in [2.45, 2.75) is 45.7 Å². The molecule has 1 unspecified atom stereocenters. The molecular weight excluding hydrogens is 122 g/mol. The van der Waals surface area contributed by atoms with Gasteiger partial charge in [0.25, 0.3) is 0 Å². The monoisotopic (exact) mass is 141 g/mol. The fraction of sp³-hybridized carbons (Fsp3) is 0.778. The number of hydrogen-bond acceptors (Lipinski definition) is 1. The first kappa shape index (κ1) is 9.70. The zero-order chi connectivity index (χ0) is 7.98. The first-order chi connectivity index (χ1) is 4.70. The van der Waals surface area contributed by atoms with Crippen LogP contribution in [0.1, 0.15) is 33.6 Å². The topological polar surface area (TPSA) is 12.0 Å². The summed E-state index contributed by atoms with van der Waals surface area (Å²) < 4.78 is 0. The van der Waals surface area contributed by atoms with Crippen molar-refractivity contribution in [3.05, 3.63) is 12.7 Å². The van der Waals surface area contributed by atoms with E-state index in [9.17, 15) is 0 Å². The van der Waals surface area contributed by atoms with Gasteiger partial charge in [-0.2, -0.15) is 0 Å². The Hall–Kier alpha value is -0.300. The predicted octanol–water partition coefficient (Wildman–Crippen LogP) is 2.34. The van der Waals surface area contributed by atoms with Gasteiger partial charge in [-0.05, 0) is 12.8 Å². The Balaban J connectivity index is 3.48. The second-order valence-corrected chi connectivity index (χ2v) is 2.95. The summed E-state index contributed by atoms with van der Waals surface area (Å²) >= 11 is 0. The summed E-state index contributed by atoms with van der Waals surface area (Å²) in [7, 11) is 0. The summed E-state index contributed by atoms with van der Waals surface area (Å²) in [6.45, 7) is 10.3. The van der Waals surface area contributed by atoms with Crippen molar-refractivity contribution in [3.63, 3.8) is 0 Å². The largest absolute Gasteiger partial charge is 0.311 e. The maximum absolute atomic E-state index is 3.72. The first-order valence-corrected chi connectivity index (χ1v) is 4.07. The first-order valence-electron chi connectivity index (χ1n) is 4.07. The third kappa shape index (κ3) is 4.57. The third-order valence-corrected chi connectivity index (χ3v) is 1.51. The average Bonchev–Trinajstić information content (AvgIpc) is 1.86. The van der Waals surface area contributed by atoms with E-state index in [4.69, 9.17) is 0 Å². The van der Waals surface area contributed by atoms with Crippen LogP contribution in [0.25, 0.3) is 0 Å². The molecule has 0 aliphatic carbocycles. The van der Waals surface area contributed by atoms with Gasteiger partial charge in [0.05, 0.1) is 0 Å². The maximum atomic E-state index is 3.72. The second-order valence-electron chi connectivity index (χ2n) is 2.95. The number of nitrogens with one attached hydrogen (secondary N) is 1. The highest BCUT2D eigenvalue weighted by Crippen LogP contribution is 1.98. The minimum atomic E-state index is 0.588. The molecule has 0 aromatic rings. The maximum Gasteiger partial charge on any atom is 0.0101 e. The van der Waals surface area contributed by atoms with Gasteiger partial charge in [0.15, 0.2) is 0 Å². The molecule has 0 rings (SSSR count). The van der Waals surface area contributed by atoms with Gasteiger partial charge < -0.3 is 5.32 Å². The summed E-state index contributed by atoms with van der Waals surface area (Å²) in [6, 6.07) is 1.21. The van der Waals surface area contributed by atoms with Gasteiger partial charge in [-0.25, -0.2) is 0 Å². The van der Waals surface area contributed by atoms with E-state index in [0.717, 1.165) is 6.42 Å². The number of rotatable bonds is 5. The van der Waals surface area contributed by atoms with E-state index in [1.807, 2.05) is 6.08 Å². The Morgan fingerprint density at radius 3 is 2.40 bits per heavy atom. The standard InChI is InChI=1S/C9H19N/c1-5-7-9(6-2)10-8(3)4/h5,8-10H,1,6-7H2,2-4H3. The van der Waals surface area contributed by atoms with E-state index in [1.165, 1.54) is 6.42 Å². The van der Waals surface area contributed by atoms with Crippen molar-refractivity contribution >= 4 is 0 Å². The van der Waals surface area contributed by atoms with Crippen LogP contribution in [-0.4, -0.2) is 12.1 Å². The molecule has 60 valence electrons. The Bertz CT molecular complexity index is 86.7. The van der Waals surface area contributed by atoms with Crippen molar-refractivity contribution in [1.82, 2.24) is 5.32 Å². The Morgan fingerprint density at radius 1 is 1.50 bits per heavy atom. The van der Waals surface area contributed by atoms with Gasteiger partial charge >= 0.3 is 0 Å². The molecule has 0 aromatic heterocycles. The minimum absolute atomic E-state index is 0.588. The van der Waals surface area contributed by atoms with E-state index in [2.05, 4.69) is 32.7 Å². The predicted molar refractivity (Wildman–Crippen MR) is 47.2 cm³/mol. The Morgan fingerprint density at radius 2 is 2.10 bits per heavy atom. The smallest absolute Gasteiger partial charge is 0.0101 e. The van der Waals surface area contributed by atoms with Gasteiger partial charge in [0.2, 0.25) is 0 Å². The van der Waals surface area contributed by atoms with Crippen molar-refractivity contribution in [2.24, 2.45) is 0 Å². The minimum Gasteiger partial charge on any atom is -0.311 e. The van der Waals surface area contributed by atoms with E-state index < -0.39 is 0 Å². The van der Waals surface area contributed by atoms with Gasteiger partial charge in [0.1, 0.15) is 0 Å². The molecule has 0 saturated heterocycles. The summed E-state index contributed by atoms with van der Waals surface area (Å²) in [5, 5.41) is 3.46. The zero-order valence-electron chi connectivity index (χ0n) is 7.35. The highest BCUT2D eigenvalue weighted by molar-refractivity contribution is 4.77. The molecule has 1 atom stereocenters. The fourth-order valence-corrected chi connectivity index (χ4v) is 1.03. The lowest BCUT2D eigenvalue weighted by atomic mass is 10.1. The van der Waals surface area contributed by atoms with Crippen molar-refractivity contribution in [2.75, 3.05) is 0 Å². The van der Waals surface area contributed by atoms with Crippen LogP contribution < -0.4 is 5.32 Å². The van der Waals surface area contributed by atoms with Crippen LogP contribution in [0.5, 0.6) is 0 Å². The quantitative estimate of drug-likeness (QED) is 0.579. The van der Waals surface area contributed by atoms with Crippen molar-refractivity contribution in [1.29, 1.82) is 0 Å². The van der Waals surface area contributed by atoms with Crippen LogP contribution in [0.4, 0.5) is 0 Å². The zero-order valence-corrected chi connectivity index (χ0v) is 7.35. The molecule has 1 nitrogen and oxygen atoms in total. The van der Waals surface area contributed by atoms with Gasteiger partial charge in [-0.3, -0.25) is 0 Å². The molecule has 0 amide bonds. The SMILES string of the molecule is C=CCC(CC)NC(C)C. The van der Waals surface area contributed by atoms with Gasteiger partial charge in [-0.15, -0.1) is 6.58 Å². The Kier molecular flexibility index (Phi) is 5.32. The molecule has 0 spiro atoms. The molecule has 0 fully saturated rings. The summed E-state index contributed by atoms with van der Waals surface area (Å²) in [6.07, 6.45) is 4.24. The van der Waals surface area contributed by atoms with Crippen LogP contribution in [0.15, 0.2) is 12.7 Å². The molecule has 0 aliphatic rings. The van der Waals surface area contributed by atoms with Crippen LogP contribution in [0, 0.1) is 0 Å². The molecule has 1 heteroatoms. The highest BCUT2D eigenvalue weighted by atomic mass is 14.9. The molecule has 0 aromatic carbocycles. The van der Waals surface area contributed by atoms with Gasteiger partial charge in [-0.1, -0.05) is 26.8 Å². The summed E-state index contributed by atoms with van der Waals surface area (Å²) in [5.74, 6) is 0. The lowest BCUT2D eigenvalue weighted by Gasteiger charge is -2.17. The highest BCUT2D eigenvalue weighted by Gasteiger charge is 2.03. The lowest BCUT2D eigenvalue weighted by Crippen LogP contribution is -2.33. The van der Waals surface area contributed by atoms with Crippen LogP contribution in [0.3, 0.4) is 0 Å². The fourth-order valence-electron chi connectivity index (χ4n) is 1.03. The van der Waals surface area contributed by atoms with Gasteiger partial charge in [0, 0.05) is 12.1 Å². The van der Waals surface area contributed by atoms with Crippen LogP contribution in [-0.2, 0) is 0 Å². The molecular formula is C9H19N. The number of hydrogen-bond donors (Lipinski definition) is 1. The van der Waals surface area contributed by atoms with E-state index in [1.54, 1.807) is 0 Å². The third-order valence-electron chi connectivity index (χ3n) is 1.51.